The molecule has 1 aromatic rings. The van der Waals surface area contributed by atoms with Gasteiger partial charge in [-0.25, -0.2) is 0 Å². The third-order valence-corrected chi connectivity index (χ3v) is 2.51. The van der Waals surface area contributed by atoms with Gasteiger partial charge in [-0.1, -0.05) is 6.07 Å². The monoisotopic (exact) mass is 284 g/mol. The molecule has 4 N–H and O–H groups in total. The number of hydrogen-bond acceptors (Lipinski definition) is 3. The van der Waals surface area contributed by atoms with Crippen LogP contribution in [0.25, 0.3) is 0 Å². The van der Waals surface area contributed by atoms with Crippen LogP contribution in [0.15, 0.2) is 16.6 Å². The molecule has 0 aliphatic rings. The zero-order valence-corrected chi connectivity index (χ0v) is 9.02. The smallest absolute Gasteiger partial charge is 0.402 e. The van der Waals surface area contributed by atoms with Gasteiger partial charge in [0.1, 0.15) is 0 Å². The Kier molecular flexibility index (Phi) is 3.46. The van der Waals surface area contributed by atoms with E-state index in [1.165, 1.54) is 12.1 Å². The number of halogens is 4. The number of hydrogen-bond donors (Lipinski definition) is 2. The zero-order chi connectivity index (χ0) is 11.6. The van der Waals surface area contributed by atoms with Crippen molar-refractivity contribution in [3.05, 3.63) is 22.2 Å². The van der Waals surface area contributed by atoms with E-state index in [4.69, 9.17) is 11.5 Å². The van der Waals surface area contributed by atoms with Crippen molar-refractivity contribution in [1.82, 2.24) is 0 Å². The highest BCUT2D eigenvalue weighted by Crippen LogP contribution is 2.37. The molecule has 7 heteroatoms. The third kappa shape index (κ3) is 3.00. The maximum absolute atomic E-state index is 12.0. The predicted molar refractivity (Wildman–Crippen MR) is 53.1 cm³/mol. The molecule has 3 nitrogen and oxygen atoms in total. The van der Waals surface area contributed by atoms with Gasteiger partial charge in [0.2, 0.25) is 0 Å². The lowest BCUT2D eigenvalue weighted by Gasteiger charge is -2.14. The molecule has 1 rings (SSSR count). The molecule has 0 heterocycles. The standard InChI is InChI=1S/C8H8BrF3N2O/c9-6-4(3-13)1-2-5(14)7(6)15-8(10,11)12/h1-2H,3,13-14H2. The topological polar surface area (TPSA) is 61.3 Å². The fraction of sp³-hybridized carbons (Fsp3) is 0.250. The maximum atomic E-state index is 12.0. The molecule has 84 valence electrons. The van der Waals surface area contributed by atoms with E-state index in [1.807, 2.05) is 0 Å². The molecule has 0 atom stereocenters. The Morgan fingerprint density at radius 2 is 1.93 bits per heavy atom. The molecule has 0 amide bonds. The van der Waals surface area contributed by atoms with E-state index in [1.54, 1.807) is 0 Å². The second-order valence-electron chi connectivity index (χ2n) is 2.71. The van der Waals surface area contributed by atoms with Crippen molar-refractivity contribution < 1.29 is 17.9 Å². The van der Waals surface area contributed by atoms with Gasteiger partial charge in [0.05, 0.1) is 10.2 Å². The summed E-state index contributed by atoms with van der Waals surface area (Å²) in [5.41, 5.74) is 11.1. The summed E-state index contributed by atoms with van der Waals surface area (Å²) < 4.78 is 39.9. The van der Waals surface area contributed by atoms with Gasteiger partial charge in [-0.05, 0) is 27.6 Å². The van der Waals surface area contributed by atoms with Gasteiger partial charge in [-0.2, -0.15) is 0 Å². The Morgan fingerprint density at radius 1 is 1.33 bits per heavy atom. The van der Waals surface area contributed by atoms with Crippen LogP contribution in [-0.2, 0) is 6.54 Å². The molecular formula is C8H8BrF3N2O. The number of ether oxygens (including phenoxy) is 1. The number of nitrogens with two attached hydrogens (primary N) is 2. The Morgan fingerprint density at radius 3 is 2.40 bits per heavy atom. The van der Waals surface area contributed by atoms with E-state index in [-0.39, 0.29) is 16.7 Å². The van der Waals surface area contributed by atoms with Crippen molar-refractivity contribution in [3.63, 3.8) is 0 Å². The van der Waals surface area contributed by atoms with Crippen LogP contribution in [0.2, 0.25) is 0 Å². The second kappa shape index (κ2) is 4.28. The van der Waals surface area contributed by atoms with Gasteiger partial charge < -0.3 is 16.2 Å². The van der Waals surface area contributed by atoms with Crippen molar-refractivity contribution in [1.29, 1.82) is 0 Å². The first kappa shape index (κ1) is 12.1. The van der Waals surface area contributed by atoms with E-state index in [0.29, 0.717) is 5.56 Å². The molecule has 1 aromatic carbocycles. The molecule has 0 spiro atoms. The summed E-state index contributed by atoms with van der Waals surface area (Å²) in [5.74, 6) is -0.453. The summed E-state index contributed by atoms with van der Waals surface area (Å²) in [7, 11) is 0. The Balaban J connectivity index is 3.15. The average molecular weight is 285 g/mol. The van der Waals surface area contributed by atoms with Crippen LogP contribution in [-0.4, -0.2) is 6.36 Å². The molecule has 0 aromatic heterocycles. The SMILES string of the molecule is NCc1ccc(N)c(OC(F)(F)F)c1Br. The van der Waals surface area contributed by atoms with Gasteiger partial charge in [0.25, 0.3) is 0 Å². The van der Waals surface area contributed by atoms with Crippen molar-refractivity contribution in [3.8, 4) is 5.75 Å². The van der Waals surface area contributed by atoms with E-state index in [0.717, 1.165) is 0 Å². The fourth-order valence-electron chi connectivity index (χ4n) is 0.989. The summed E-state index contributed by atoms with van der Waals surface area (Å²) >= 11 is 2.96. The minimum atomic E-state index is -4.77. The maximum Gasteiger partial charge on any atom is 0.573 e. The van der Waals surface area contributed by atoms with Crippen LogP contribution in [0.1, 0.15) is 5.56 Å². The van der Waals surface area contributed by atoms with Gasteiger partial charge in [-0.3, -0.25) is 0 Å². The highest BCUT2D eigenvalue weighted by molar-refractivity contribution is 9.10. The minimum Gasteiger partial charge on any atom is -0.402 e. The van der Waals surface area contributed by atoms with E-state index < -0.39 is 12.1 Å². The third-order valence-electron chi connectivity index (χ3n) is 1.65. The van der Waals surface area contributed by atoms with Crippen LogP contribution in [0.3, 0.4) is 0 Å². The predicted octanol–water partition coefficient (Wildman–Crippen LogP) is 2.39. The van der Waals surface area contributed by atoms with Crippen LogP contribution in [0, 0.1) is 0 Å². The van der Waals surface area contributed by atoms with Crippen LogP contribution >= 0.6 is 15.9 Å². The normalized spacial score (nSPS) is 11.5. The number of benzene rings is 1. The second-order valence-corrected chi connectivity index (χ2v) is 3.50. The summed E-state index contributed by atoms with van der Waals surface area (Å²) in [5, 5.41) is 0. The Bertz CT molecular complexity index is 368. The first-order valence-corrected chi connectivity index (χ1v) is 4.67. The van der Waals surface area contributed by atoms with Crippen molar-refractivity contribution in [2.45, 2.75) is 12.9 Å². The van der Waals surface area contributed by atoms with Crippen molar-refractivity contribution >= 4 is 21.6 Å². The van der Waals surface area contributed by atoms with E-state index >= 15 is 0 Å². The summed E-state index contributed by atoms with van der Waals surface area (Å²) in [6.45, 7) is 0.0923. The van der Waals surface area contributed by atoms with Crippen LogP contribution < -0.4 is 16.2 Å². The average Bonchev–Trinajstić information content (AvgIpc) is 2.11. The fourth-order valence-corrected chi connectivity index (χ4v) is 1.59. The van der Waals surface area contributed by atoms with Crippen molar-refractivity contribution in [2.75, 3.05) is 5.73 Å². The molecule has 0 aliphatic carbocycles. The van der Waals surface area contributed by atoms with Gasteiger partial charge in [0, 0.05) is 6.54 Å². The molecule has 0 fully saturated rings. The number of rotatable bonds is 2. The van der Waals surface area contributed by atoms with Crippen molar-refractivity contribution in [2.24, 2.45) is 5.73 Å². The lowest BCUT2D eigenvalue weighted by atomic mass is 10.2. The summed E-state index contributed by atoms with van der Waals surface area (Å²) in [4.78, 5) is 0. The molecule has 0 aliphatic heterocycles. The van der Waals surface area contributed by atoms with Gasteiger partial charge in [0.15, 0.2) is 5.75 Å². The summed E-state index contributed by atoms with van der Waals surface area (Å²) in [6, 6.07) is 2.84. The highest BCUT2D eigenvalue weighted by Gasteiger charge is 2.33. The van der Waals surface area contributed by atoms with E-state index in [2.05, 4.69) is 20.7 Å². The molecule has 0 unspecified atom stereocenters. The first-order valence-electron chi connectivity index (χ1n) is 3.88. The Labute approximate surface area is 92.3 Å². The lowest BCUT2D eigenvalue weighted by Crippen LogP contribution is -2.18. The number of alkyl halides is 3. The molecule has 0 radical (unpaired) electrons. The largest absolute Gasteiger partial charge is 0.573 e. The van der Waals surface area contributed by atoms with Crippen LogP contribution in [0.4, 0.5) is 18.9 Å². The zero-order valence-electron chi connectivity index (χ0n) is 7.44. The summed E-state index contributed by atoms with van der Waals surface area (Å²) in [6.07, 6.45) is -4.77. The van der Waals surface area contributed by atoms with E-state index in [9.17, 15) is 13.2 Å². The Hall–Kier alpha value is -0.950. The minimum absolute atomic E-state index is 0.0923. The molecule has 0 bridgehead atoms. The number of anilines is 1. The quantitative estimate of drug-likeness (QED) is 0.820. The number of nitrogen functional groups attached to an aromatic ring is 1. The van der Waals surface area contributed by atoms with Crippen LogP contribution in [0.5, 0.6) is 5.75 Å². The highest BCUT2D eigenvalue weighted by atomic mass is 79.9. The molecule has 0 saturated heterocycles. The molecule has 0 saturated carbocycles. The molecule has 15 heavy (non-hydrogen) atoms. The first-order chi connectivity index (χ1) is 6.85. The lowest BCUT2D eigenvalue weighted by molar-refractivity contribution is -0.274. The molecular weight excluding hydrogens is 277 g/mol. The van der Waals surface area contributed by atoms with Gasteiger partial charge >= 0.3 is 6.36 Å². The van der Waals surface area contributed by atoms with Gasteiger partial charge in [-0.15, -0.1) is 13.2 Å².